The first-order valence-corrected chi connectivity index (χ1v) is 8.82. The molecule has 1 heterocycles. The summed E-state index contributed by atoms with van der Waals surface area (Å²) in [5, 5.41) is 9.25. The van der Waals surface area contributed by atoms with Crippen molar-refractivity contribution in [3.05, 3.63) is 0 Å². The van der Waals surface area contributed by atoms with Crippen molar-refractivity contribution in [2.75, 3.05) is 19.5 Å². The maximum absolute atomic E-state index is 11.7. The van der Waals surface area contributed by atoms with Gasteiger partial charge >= 0.3 is 5.97 Å². The van der Waals surface area contributed by atoms with Gasteiger partial charge in [-0.3, -0.25) is 4.79 Å². The van der Waals surface area contributed by atoms with Crippen molar-refractivity contribution in [1.29, 1.82) is 0 Å². The number of aliphatic carboxylic acids is 1. The van der Waals surface area contributed by atoms with Crippen LogP contribution in [0.5, 0.6) is 0 Å². The normalized spacial score (nSPS) is 31.8. The Labute approximate surface area is 114 Å². The van der Waals surface area contributed by atoms with Crippen LogP contribution in [-0.2, 0) is 19.4 Å². The molecule has 2 fully saturated rings. The van der Waals surface area contributed by atoms with Crippen LogP contribution in [0.3, 0.4) is 0 Å². The molecule has 2 rings (SSSR count). The Morgan fingerprint density at radius 1 is 1.26 bits per heavy atom. The van der Waals surface area contributed by atoms with Crippen molar-refractivity contribution in [2.24, 2.45) is 11.3 Å². The second-order valence-corrected chi connectivity index (χ2v) is 8.21. The molecule has 0 radical (unpaired) electrons. The third-order valence-electron chi connectivity index (χ3n) is 4.82. The van der Waals surface area contributed by atoms with Crippen LogP contribution in [0.4, 0.5) is 0 Å². The largest absolute Gasteiger partial charge is 0.481 e. The number of hydrogen-bond acceptors (Lipinski definition) is 4. The Morgan fingerprint density at radius 3 is 2.42 bits per heavy atom. The minimum absolute atomic E-state index is 0.0395. The van der Waals surface area contributed by atoms with Gasteiger partial charge in [-0.25, -0.2) is 8.42 Å². The third kappa shape index (κ3) is 2.94. The summed E-state index contributed by atoms with van der Waals surface area (Å²) in [6, 6.07) is 0. The van der Waals surface area contributed by atoms with Crippen LogP contribution in [0.15, 0.2) is 0 Å². The molecule has 2 atom stereocenters. The van der Waals surface area contributed by atoms with Crippen LogP contribution in [0.1, 0.15) is 38.5 Å². The zero-order valence-corrected chi connectivity index (χ0v) is 12.1. The topological polar surface area (TPSA) is 80.7 Å². The lowest BCUT2D eigenvalue weighted by Crippen LogP contribution is -2.46. The summed E-state index contributed by atoms with van der Waals surface area (Å²) in [5.41, 5.74) is -0.776. The van der Waals surface area contributed by atoms with Crippen molar-refractivity contribution in [3.8, 4) is 0 Å². The smallest absolute Gasteiger partial charge is 0.310 e. The molecule has 0 bridgehead atoms. The van der Waals surface area contributed by atoms with E-state index in [2.05, 4.69) is 0 Å². The summed E-state index contributed by atoms with van der Waals surface area (Å²) in [4.78, 5) is 11.7. The highest BCUT2D eigenvalue weighted by Crippen LogP contribution is 2.46. The van der Waals surface area contributed by atoms with Crippen LogP contribution < -0.4 is 0 Å². The first-order valence-electron chi connectivity index (χ1n) is 6.86. The molecule has 1 saturated heterocycles. The molecule has 2 unspecified atom stereocenters. The van der Waals surface area contributed by atoms with Crippen LogP contribution in [0.2, 0.25) is 0 Å². The fourth-order valence-electron chi connectivity index (χ4n) is 3.57. The minimum Gasteiger partial charge on any atom is -0.481 e. The fraction of sp³-hybridized carbons (Fsp3) is 0.923. The van der Waals surface area contributed by atoms with Gasteiger partial charge in [0.2, 0.25) is 0 Å². The Kier molecular flexibility index (Phi) is 4.20. The lowest BCUT2D eigenvalue weighted by Gasteiger charge is -2.43. The van der Waals surface area contributed by atoms with Crippen LogP contribution in [-0.4, -0.2) is 44.2 Å². The quantitative estimate of drug-likeness (QED) is 0.851. The van der Waals surface area contributed by atoms with E-state index in [-0.39, 0.29) is 11.2 Å². The number of carboxylic acid groups (broad SMARTS) is 1. The minimum atomic E-state index is -3.07. The zero-order valence-electron chi connectivity index (χ0n) is 11.3. The third-order valence-corrected chi connectivity index (χ3v) is 6.46. The number of hydrogen-bond donors (Lipinski definition) is 1. The van der Waals surface area contributed by atoms with E-state index in [1.807, 2.05) is 0 Å². The SMILES string of the molecule is CS(=O)(=O)C1CCCC(C2(C(=O)O)CCOCC2)C1. The average Bonchev–Trinajstić information content (AvgIpc) is 2.38. The molecule has 0 spiro atoms. The molecule has 5 nitrogen and oxygen atoms in total. The second-order valence-electron chi connectivity index (χ2n) is 5.89. The van der Waals surface area contributed by atoms with Crippen LogP contribution in [0, 0.1) is 11.3 Å². The maximum atomic E-state index is 11.7. The van der Waals surface area contributed by atoms with Gasteiger partial charge < -0.3 is 9.84 Å². The molecule has 1 N–H and O–H groups in total. The van der Waals surface area contributed by atoms with Gasteiger partial charge in [-0.1, -0.05) is 6.42 Å². The van der Waals surface area contributed by atoms with Gasteiger partial charge in [-0.15, -0.1) is 0 Å². The number of ether oxygens (including phenoxy) is 1. The summed E-state index contributed by atoms with van der Waals surface area (Å²) in [6.07, 6.45) is 5.05. The van der Waals surface area contributed by atoms with E-state index < -0.39 is 21.2 Å². The van der Waals surface area contributed by atoms with E-state index in [9.17, 15) is 18.3 Å². The van der Waals surface area contributed by atoms with E-state index in [0.29, 0.717) is 38.9 Å². The number of sulfone groups is 1. The Hall–Kier alpha value is -0.620. The summed E-state index contributed by atoms with van der Waals surface area (Å²) in [6.45, 7) is 0.929. The van der Waals surface area contributed by atoms with E-state index in [0.717, 1.165) is 12.8 Å². The van der Waals surface area contributed by atoms with Crippen molar-refractivity contribution < 1.29 is 23.1 Å². The molecule has 2 aliphatic rings. The standard InChI is InChI=1S/C13H22O5S/c1-19(16,17)11-4-2-3-10(9-11)13(12(14)15)5-7-18-8-6-13/h10-11H,2-9H2,1H3,(H,14,15). The highest BCUT2D eigenvalue weighted by molar-refractivity contribution is 7.91. The molecule has 0 aromatic carbocycles. The summed E-state index contributed by atoms with van der Waals surface area (Å²) in [5.74, 6) is -0.822. The molecule has 110 valence electrons. The predicted octanol–water partition coefficient (Wildman–Crippen LogP) is 1.47. The van der Waals surface area contributed by atoms with Gasteiger partial charge in [0.05, 0.1) is 10.7 Å². The summed E-state index contributed by atoms with van der Waals surface area (Å²) in [7, 11) is -3.07. The Bertz CT molecular complexity index is 436. The highest BCUT2D eigenvalue weighted by atomic mass is 32.2. The van der Waals surface area contributed by atoms with E-state index >= 15 is 0 Å². The molecule has 0 aromatic rings. The van der Waals surface area contributed by atoms with E-state index in [1.54, 1.807) is 0 Å². The first kappa shape index (κ1) is 14.8. The van der Waals surface area contributed by atoms with Gasteiger partial charge in [0.25, 0.3) is 0 Å². The molecule has 1 aliphatic heterocycles. The van der Waals surface area contributed by atoms with Gasteiger partial charge in [0, 0.05) is 19.5 Å². The zero-order chi connectivity index (χ0) is 14.1. The van der Waals surface area contributed by atoms with Crippen LogP contribution >= 0.6 is 0 Å². The summed E-state index contributed by atoms with van der Waals surface area (Å²) < 4.78 is 28.7. The molecule has 6 heteroatoms. The molecular formula is C13H22O5S. The molecule has 1 saturated carbocycles. The summed E-state index contributed by atoms with van der Waals surface area (Å²) >= 11 is 0. The van der Waals surface area contributed by atoms with Crippen molar-refractivity contribution in [1.82, 2.24) is 0 Å². The number of carbonyl (C=O) groups is 1. The van der Waals surface area contributed by atoms with Crippen molar-refractivity contribution in [2.45, 2.75) is 43.8 Å². The monoisotopic (exact) mass is 290 g/mol. The maximum Gasteiger partial charge on any atom is 0.310 e. The van der Waals surface area contributed by atoms with Crippen molar-refractivity contribution >= 4 is 15.8 Å². The van der Waals surface area contributed by atoms with Crippen LogP contribution in [0.25, 0.3) is 0 Å². The fourth-order valence-corrected chi connectivity index (χ4v) is 4.74. The van der Waals surface area contributed by atoms with Gasteiger partial charge in [0.15, 0.2) is 0 Å². The first-order chi connectivity index (χ1) is 8.86. The molecule has 19 heavy (non-hydrogen) atoms. The number of rotatable bonds is 3. The van der Waals surface area contributed by atoms with Gasteiger partial charge in [-0.2, -0.15) is 0 Å². The molecule has 0 amide bonds. The lowest BCUT2D eigenvalue weighted by atomic mass is 9.64. The highest BCUT2D eigenvalue weighted by Gasteiger charge is 2.49. The van der Waals surface area contributed by atoms with Crippen molar-refractivity contribution in [3.63, 3.8) is 0 Å². The van der Waals surface area contributed by atoms with Gasteiger partial charge in [0.1, 0.15) is 9.84 Å². The van der Waals surface area contributed by atoms with Gasteiger partial charge in [-0.05, 0) is 38.0 Å². The molecular weight excluding hydrogens is 268 g/mol. The Balaban J connectivity index is 2.20. The lowest BCUT2D eigenvalue weighted by molar-refractivity contribution is -0.161. The van der Waals surface area contributed by atoms with E-state index in [4.69, 9.17) is 4.74 Å². The molecule has 0 aromatic heterocycles. The second kappa shape index (κ2) is 5.40. The molecule has 1 aliphatic carbocycles. The van der Waals surface area contributed by atoms with E-state index in [1.165, 1.54) is 6.26 Å². The average molecular weight is 290 g/mol. The Morgan fingerprint density at radius 2 is 1.89 bits per heavy atom. The number of carboxylic acids is 1. The predicted molar refractivity (Wildman–Crippen MR) is 70.7 cm³/mol.